The van der Waals surface area contributed by atoms with Crippen LogP contribution in [0, 0.1) is 12.8 Å². The van der Waals surface area contributed by atoms with E-state index in [1.165, 1.54) is 11.3 Å². The highest BCUT2D eigenvalue weighted by Crippen LogP contribution is 2.24. The largest absolute Gasteiger partial charge is 0.303 e. The minimum Gasteiger partial charge on any atom is -0.303 e. The Morgan fingerprint density at radius 1 is 1.14 bits per heavy atom. The first-order chi connectivity index (χ1) is 9.81. The fourth-order valence-electron chi connectivity index (χ4n) is 2.19. The molecule has 0 atom stereocenters. The molecule has 0 spiro atoms. The van der Waals surface area contributed by atoms with Gasteiger partial charge in [-0.1, -0.05) is 27.7 Å². The molecule has 0 unspecified atom stereocenters. The highest BCUT2D eigenvalue weighted by molar-refractivity contribution is 7.91. The Labute approximate surface area is 133 Å². The predicted molar refractivity (Wildman–Crippen MR) is 90.4 cm³/mol. The lowest BCUT2D eigenvalue weighted by Gasteiger charge is -2.26. The summed E-state index contributed by atoms with van der Waals surface area (Å²) in [6.07, 6.45) is 0. The van der Waals surface area contributed by atoms with E-state index in [0.717, 1.165) is 24.5 Å². The number of hydrogen-bond donors (Lipinski definition) is 0. The van der Waals surface area contributed by atoms with E-state index in [1.54, 1.807) is 10.4 Å². The van der Waals surface area contributed by atoms with Crippen LogP contribution in [0.25, 0.3) is 0 Å². The smallest absolute Gasteiger partial charge is 0.252 e. The van der Waals surface area contributed by atoms with Crippen LogP contribution in [0.2, 0.25) is 0 Å². The maximum atomic E-state index is 12.8. The summed E-state index contributed by atoms with van der Waals surface area (Å²) in [6.45, 7) is 14.1. The van der Waals surface area contributed by atoms with Crippen molar-refractivity contribution < 1.29 is 8.42 Å². The molecule has 0 aliphatic rings. The van der Waals surface area contributed by atoms with Gasteiger partial charge in [0.2, 0.25) is 0 Å². The molecular weight excluding hydrogens is 304 g/mol. The molecule has 0 saturated heterocycles. The Morgan fingerprint density at radius 3 is 2.19 bits per heavy atom. The summed E-state index contributed by atoms with van der Waals surface area (Å²) >= 11 is 1.35. The van der Waals surface area contributed by atoms with Gasteiger partial charge in [-0.05, 0) is 38.1 Å². The number of thiophene rings is 1. The highest BCUT2D eigenvalue weighted by Gasteiger charge is 2.26. The van der Waals surface area contributed by atoms with Gasteiger partial charge in [0.1, 0.15) is 4.21 Å². The molecule has 0 aliphatic carbocycles. The molecule has 0 N–H and O–H groups in total. The van der Waals surface area contributed by atoms with Gasteiger partial charge < -0.3 is 4.90 Å². The maximum Gasteiger partial charge on any atom is 0.252 e. The van der Waals surface area contributed by atoms with E-state index in [4.69, 9.17) is 0 Å². The van der Waals surface area contributed by atoms with Crippen molar-refractivity contribution >= 4 is 21.4 Å². The third kappa shape index (κ3) is 5.36. The topological polar surface area (TPSA) is 40.6 Å². The van der Waals surface area contributed by atoms with Crippen molar-refractivity contribution in [3.63, 3.8) is 0 Å². The van der Waals surface area contributed by atoms with Gasteiger partial charge in [0.05, 0.1) is 0 Å². The lowest BCUT2D eigenvalue weighted by molar-refractivity contribution is 0.262. The Bertz CT molecular complexity index is 520. The van der Waals surface area contributed by atoms with Crippen LogP contribution in [-0.2, 0) is 10.0 Å². The standard InChI is InChI=1S/C15H28N2O2S2/c1-6-16(7-2)10-11-17(12-13(3)4)21(18,19)15-9-8-14(5)20-15/h8-9,13H,6-7,10-12H2,1-5H3. The quantitative estimate of drug-likeness (QED) is 0.698. The molecule has 6 heteroatoms. The Kier molecular flexibility index (Phi) is 7.33. The van der Waals surface area contributed by atoms with E-state index in [2.05, 4.69) is 32.6 Å². The van der Waals surface area contributed by atoms with Crippen molar-refractivity contribution in [2.24, 2.45) is 5.92 Å². The minimum atomic E-state index is -3.36. The van der Waals surface area contributed by atoms with E-state index in [9.17, 15) is 8.42 Å². The molecule has 1 rings (SSSR count). The molecule has 4 nitrogen and oxygen atoms in total. The van der Waals surface area contributed by atoms with E-state index in [1.807, 2.05) is 13.0 Å². The van der Waals surface area contributed by atoms with Crippen molar-refractivity contribution in [1.29, 1.82) is 0 Å². The number of rotatable bonds is 9. The number of likely N-dealkylation sites (N-methyl/N-ethyl adjacent to an activating group) is 1. The summed E-state index contributed by atoms with van der Waals surface area (Å²) in [6, 6.07) is 3.59. The molecule has 0 aromatic carbocycles. The van der Waals surface area contributed by atoms with Crippen molar-refractivity contribution in [1.82, 2.24) is 9.21 Å². The van der Waals surface area contributed by atoms with E-state index >= 15 is 0 Å². The van der Waals surface area contributed by atoms with Gasteiger partial charge in [0, 0.05) is 24.5 Å². The van der Waals surface area contributed by atoms with Crippen LogP contribution in [-0.4, -0.2) is 50.3 Å². The average Bonchev–Trinajstić information content (AvgIpc) is 2.85. The predicted octanol–water partition coefficient (Wildman–Crippen LogP) is 3.05. The molecule has 0 saturated carbocycles. The third-order valence-corrected chi connectivity index (χ3v) is 6.77. The van der Waals surface area contributed by atoms with Gasteiger partial charge in [0.25, 0.3) is 10.0 Å². The summed E-state index contributed by atoms with van der Waals surface area (Å²) in [5.41, 5.74) is 0. The van der Waals surface area contributed by atoms with Gasteiger partial charge >= 0.3 is 0 Å². The zero-order valence-corrected chi connectivity index (χ0v) is 15.4. The molecule has 0 aliphatic heterocycles. The molecule has 21 heavy (non-hydrogen) atoms. The summed E-state index contributed by atoms with van der Waals surface area (Å²) in [4.78, 5) is 3.28. The van der Waals surface area contributed by atoms with Gasteiger partial charge in [-0.25, -0.2) is 8.42 Å². The SMILES string of the molecule is CCN(CC)CCN(CC(C)C)S(=O)(=O)c1ccc(C)s1. The zero-order chi connectivity index (χ0) is 16.0. The van der Waals surface area contributed by atoms with Crippen molar-refractivity contribution in [2.45, 2.75) is 38.8 Å². The monoisotopic (exact) mass is 332 g/mol. The van der Waals surface area contributed by atoms with Crippen LogP contribution in [0.1, 0.15) is 32.6 Å². The number of hydrogen-bond acceptors (Lipinski definition) is 4. The van der Waals surface area contributed by atoms with Crippen LogP contribution < -0.4 is 0 Å². The maximum absolute atomic E-state index is 12.8. The Hall–Kier alpha value is -0.430. The summed E-state index contributed by atoms with van der Waals surface area (Å²) in [7, 11) is -3.36. The molecule has 0 radical (unpaired) electrons. The number of sulfonamides is 1. The van der Waals surface area contributed by atoms with Gasteiger partial charge in [0.15, 0.2) is 0 Å². The molecular formula is C15H28N2O2S2. The summed E-state index contributed by atoms with van der Waals surface area (Å²) in [5, 5.41) is 0. The fourth-order valence-corrected chi connectivity index (χ4v) is 5.22. The van der Waals surface area contributed by atoms with E-state index < -0.39 is 10.0 Å². The highest BCUT2D eigenvalue weighted by atomic mass is 32.2. The Morgan fingerprint density at radius 2 is 1.76 bits per heavy atom. The van der Waals surface area contributed by atoms with Crippen molar-refractivity contribution in [3.8, 4) is 0 Å². The van der Waals surface area contributed by atoms with E-state index in [-0.39, 0.29) is 0 Å². The summed E-state index contributed by atoms with van der Waals surface area (Å²) in [5.74, 6) is 0.317. The zero-order valence-electron chi connectivity index (χ0n) is 13.8. The molecule has 1 aromatic rings. The average molecular weight is 333 g/mol. The van der Waals surface area contributed by atoms with Crippen LogP contribution in [0.5, 0.6) is 0 Å². The summed E-state index contributed by atoms with van der Waals surface area (Å²) < 4.78 is 27.7. The third-order valence-electron chi connectivity index (χ3n) is 3.44. The molecule has 1 heterocycles. The van der Waals surface area contributed by atoms with Gasteiger partial charge in [-0.2, -0.15) is 4.31 Å². The first kappa shape index (κ1) is 18.6. The second-order valence-corrected chi connectivity index (χ2v) is 9.10. The van der Waals surface area contributed by atoms with Gasteiger partial charge in [-0.3, -0.25) is 0 Å². The van der Waals surface area contributed by atoms with Crippen LogP contribution in [0.3, 0.4) is 0 Å². The Balaban J connectivity index is 2.90. The molecule has 0 bridgehead atoms. The van der Waals surface area contributed by atoms with E-state index in [0.29, 0.717) is 23.2 Å². The molecule has 0 fully saturated rings. The van der Waals surface area contributed by atoms with Crippen molar-refractivity contribution in [3.05, 3.63) is 17.0 Å². The molecule has 0 amide bonds. The lowest BCUT2D eigenvalue weighted by Crippen LogP contribution is -2.40. The van der Waals surface area contributed by atoms with Crippen LogP contribution in [0.4, 0.5) is 0 Å². The van der Waals surface area contributed by atoms with Crippen LogP contribution in [0.15, 0.2) is 16.3 Å². The molecule has 122 valence electrons. The lowest BCUT2D eigenvalue weighted by atomic mass is 10.2. The second kappa shape index (κ2) is 8.27. The van der Waals surface area contributed by atoms with Crippen LogP contribution >= 0.6 is 11.3 Å². The normalized spacial score (nSPS) is 12.8. The second-order valence-electron chi connectivity index (χ2n) is 5.65. The minimum absolute atomic E-state index is 0.317. The first-order valence-electron chi connectivity index (χ1n) is 7.60. The number of aryl methyl sites for hydroxylation is 1. The first-order valence-corrected chi connectivity index (χ1v) is 9.85. The molecule has 1 aromatic heterocycles. The van der Waals surface area contributed by atoms with Crippen molar-refractivity contribution in [2.75, 3.05) is 32.7 Å². The van der Waals surface area contributed by atoms with Gasteiger partial charge in [-0.15, -0.1) is 11.3 Å². The number of nitrogens with zero attached hydrogens (tertiary/aromatic N) is 2. The fraction of sp³-hybridized carbons (Fsp3) is 0.733.